The van der Waals surface area contributed by atoms with Gasteiger partial charge in [-0.1, -0.05) is 38.1 Å². The molecule has 0 bridgehead atoms. The van der Waals surface area contributed by atoms with Gasteiger partial charge in [0.05, 0.1) is 16.4 Å². The number of aromatic nitrogens is 2. The molecule has 0 saturated heterocycles. The largest absolute Gasteiger partial charge is 0.315 e. The molecule has 3 aliphatic rings. The lowest BCUT2D eigenvalue weighted by Gasteiger charge is -2.24. The highest BCUT2D eigenvalue weighted by atomic mass is 35.5. The standard InChI is InChI=1S/C35H35ClFN3O2/c1-6-22-11-12-25(35(42)40(22)5)34(41)39-28-15-10-18(2)30(20(28)4)31-27(37)14-13-24(32(31)36)29-17-21-8-7-9-23(21)33(38-29)26-16-19(26)3/h10-14,17-19,26H,6-9,16H2,1-5H3,(H,39,41). The van der Waals surface area contributed by atoms with Gasteiger partial charge >= 0.3 is 0 Å². The summed E-state index contributed by atoms with van der Waals surface area (Å²) in [6.07, 6.45) is 6.83. The van der Waals surface area contributed by atoms with Gasteiger partial charge in [-0.3, -0.25) is 14.6 Å². The average Bonchev–Trinajstić information content (AvgIpc) is 3.49. The second-order valence-electron chi connectivity index (χ2n) is 11.9. The molecule has 2 heterocycles. The van der Waals surface area contributed by atoms with E-state index in [4.69, 9.17) is 16.6 Å². The quantitative estimate of drug-likeness (QED) is 0.310. The van der Waals surface area contributed by atoms with Gasteiger partial charge in [0.1, 0.15) is 11.4 Å². The molecule has 0 spiro atoms. The Morgan fingerprint density at radius 1 is 1.21 bits per heavy atom. The molecule has 42 heavy (non-hydrogen) atoms. The SMILES string of the molecule is CCc1ccc(C(=O)NC2=C=CC(C)C(c3c(F)ccc(-c4cc5c(c(C6CC6C)n4)CCC5)c3Cl)=C2C)c(=O)n1C. The Balaban J connectivity index is 1.40. The summed E-state index contributed by atoms with van der Waals surface area (Å²) in [5, 5.41) is 3.15. The van der Waals surface area contributed by atoms with Crippen LogP contribution in [0.5, 0.6) is 0 Å². The van der Waals surface area contributed by atoms with E-state index in [0.29, 0.717) is 51.2 Å². The molecule has 0 radical (unpaired) electrons. The fourth-order valence-corrected chi connectivity index (χ4v) is 6.91. The first-order valence-electron chi connectivity index (χ1n) is 14.8. The van der Waals surface area contributed by atoms with Gasteiger partial charge in [0.25, 0.3) is 11.5 Å². The smallest absolute Gasteiger partial charge is 0.263 e. The normalized spacial score (nSPS) is 20.9. The van der Waals surface area contributed by atoms with Gasteiger partial charge in [-0.05, 0) is 104 Å². The van der Waals surface area contributed by atoms with Crippen molar-refractivity contribution in [2.75, 3.05) is 0 Å². The van der Waals surface area contributed by atoms with Crippen LogP contribution in [-0.2, 0) is 26.3 Å². The third kappa shape index (κ3) is 4.77. The molecule has 1 N–H and O–H groups in total. The molecule has 7 heteroatoms. The van der Waals surface area contributed by atoms with E-state index in [2.05, 4.69) is 24.0 Å². The first-order chi connectivity index (χ1) is 20.1. The number of pyridine rings is 2. The van der Waals surface area contributed by atoms with Crippen LogP contribution in [0.25, 0.3) is 16.8 Å². The molecule has 3 atom stereocenters. The maximum atomic E-state index is 15.7. The summed E-state index contributed by atoms with van der Waals surface area (Å²) in [5.74, 6) is -0.0700. The number of aryl methyl sites for hydroxylation is 2. The highest BCUT2D eigenvalue weighted by Crippen LogP contribution is 2.50. The molecule has 5 nitrogen and oxygen atoms in total. The van der Waals surface area contributed by atoms with Crippen LogP contribution in [0, 0.1) is 17.7 Å². The number of carbonyl (C=O) groups excluding carboxylic acids is 1. The summed E-state index contributed by atoms with van der Waals surface area (Å²) in [7, 11) is 1.66. The molecular weight excluding hydrogens is 549 g/mol. The fourth-order valence-electron chi connectivity index (χ4n) is 6.56. The van der Waals surface area contributed by atoms with Gasteiger partial charge in [0, 0.05) is 41.4 Å². The van der Waals surface area contributed by atoms with Crippen LogP contribution in [0.2, 0.25) is 5.02 Å². The second-order valence-corrected chi connectivity index (χ2v) is 12.3. The van der Waals surface area contributed by atoms with Gasteiger partial charge in [0.15, 0.2) is 0 Å². The van der Waals surface area contributed by atoms with Gasteiger partial charge in [-0.25, -0.2) is 4.39 Å². The first kappa shape index (κ1) is 28.4. The van der Waals surface area contributed by atoms with Crippen molar-refractivity contribution < 1.29 is 9.18 Å². The summed E-state index contributed by atoms with van der Waals surface area (Å²) in [5.41, 5.74) is 11.0. The molecule has 1 saturated carbocycles. The second kappa shape index (κ2) is 10.8. The maximum absolute atomic E-state index is 15.7. The van der Waals surface area contributed by atoms with Gasteiger partial charge in [-0.15, -0.1) is 0 Å². The van der Waals surface area contributed by atoms with E-state index in [0.717, 1.165) is 37.1 Å². The number of carbonyl (C=O) groups is 1. The number of fused-ring (bicyclic) bond motifs is 1. The number of nitrogens with zero attached hydrogens (tertiary/aromatic N) is 2. The molecule has 0 aliphatic heterocycles. The van der Waals surface area contributed by atoms with Crippen molar-refractivity contribution in [2.24, 2.45) is 18.9 Å². The summed E-state index contributed by atoms with van der Waals surface area (Å²) in [6.45, 7) is 7.99. The summed E-state index contributed by atoms with van der Waals surface area (Å²) in [6, 6.07) is 8.63. The highest BCUT2D eigenvalue weighted by Gasteiger charge is 2.38. The number of allylic oxidation sites excluding steroid dienone is 2. The molecule has 3 aromatic rings. The van der Waals surface area contributed by atoms with Crippen LogP contribution in [0.15, 0.2) is 58.2 Å². The maximum Gasteiger partial charge on any atom is 0.263 e. The minimum absolute atomic E-state index is 0.0339. The van der Waals surface area contributed by atoms with E-state index < -0.39 is 11.7 Å². The number of rotatable bonds is 6. The molecule has 1 amide bonds. The molecule has 3 aliphatic carbocycles. The van der Waals surface area contributed by atoms with E-state index >= 15 is 4.39 Å². The van der Waals surface area contributed by atoms with E-state index in [-0.39, 0.29) is 17.0 Å². The van der Waals surface area contributed by atoms with Crippen molar-refractivity contribution in [3.63, 3.8) is 0 Å². The fraction of sp³-hybridized carbons (Fsp3) is 0.371. The van der Waals surface area contributed by atoms with Crippen molar-refractivity contribution in [3.05, 3.63) is 108 Å². The van der Waals surface area contributed by atoms with E-state index in [1.807, 2.05) is 20.8 Å². The molecule has 6 rings (SSSR count). The Hall–Kier alpha value is -3.73. The van der Waals surface area contributed by atoms with Crippen molar-refractivity contribution in [1.82, 2.24) is 14.9 Å². The summed E-state index contributed by atoms with van der Waals surface area (Å²) >= 11 is 7.07. The minimum Gasteiger partial charge on any atom is -0.315 e. The number of benzene rings is 1. The van der Waals surface area contributed by atoms with E-state index in [1.165, 1.54) is 27.5 Å². The third-order valence-electron chi connectivity index (χ3n) is 9.18. The predicted molar refractivity (Wildman–Crippen MR) is 165 cm³/mol. The first-order valence-corrected chi connectivity index (χ1v) is 15.2. The molecule has 216 valence electrons. The van der Waals surface area contributed by atoms with Crippen molar-refractivity contribution >= 4 is 23.1 Å². The minimum atomic E-state index is -0.535. The average molecular weight is 584 g/mol. The van der Waals surface area contributed by atoms with E-state index in [1.54, 1.807) is 31.3 Å². The lowest BCUT2D eigenvalue weighted by atomic mass is 9.84. The summed E-state index contributed by atoms with van der Waals surface area (Å²) < 4.78 is 17.2. The Kier molecular flexibility index (Phi) is 7.32. The number of nitrogens with one attached hydrogen (secondary N) is 1. The van der Waals surface area contributed by atoms with E-state index in [9.17, 15) is 9.59 Å². The topological polar surface area (TPSA) is 64.0 Å². The van der Waals surface area contributed by atoms with Crippen molar-refractivity contribution in [2.45, 2.75) is 65.7 Å². The Morgan fingerprint density at radius 3 is 2.69 bits per heavy atom. The Bertz CT molecular complexity index is 1810. The van der Waals surface area contributed by atoms with Crippen molar-refractivity contribution in [3.8, 4) is 11.3 Å². The Morgan fingerprint density at radius 2 is 1.98 bits per heavy atom. The Labute approximate surface area is 250 Å². The van der Waals surface area contributed by atoms with Crippen LogP contribution < -0.4 is 10.9 Å². The molecular formula is C35H35ClFN3O2. The highest BCUT2D eigenvalue weighted by molar-refractivity contribution is 6.35. The van der Waals surface area contributed by atoms with Crippen LogP contribution in [0.3, 0.4) is 0 Å². The molecule has 1 aromatic carbocycles. The van der Waals surface area contributed by atoms with Crippen LogP contribution in [0.4, 0.5) is 4.39 Å². The van der Waals surface area contributed by atoms with Crippen LogP contribution in [0.1, 0.15) is 84.9 Å². The number of halogens is 2. The van der Waals surface area contributed by atoms with Gasteiger partial charge < -0.3 is 9.88 Å². The third-order valence-corrected chi connectivity index (χ3v) is 9.58. The zero-order valence-corrected chi connectivity index (χ0v) is 25.5. The van der Waals surface area contributed by atoms with Crippen LogP contribution in [-0.4, -0.2) is 15.5 Å². The van der Waals surface area contributed by atoms with Gasteiger partial charge in [0.2, 0.25) is 0 Å². The lowest BCUT2D eigenvalue weighted by Crippen LogP contribution is -2.33. The molecule has 2 aromatic heterocycles. The molecule has 1 fully saturated rings. The predicted octanol–water partition coefficient (Wildman–Crippen LogP) is 7.31. The number of hydrogen-bond acceptors (Lipinski definition) is 3. The van der Waals surface area contributed by atoms with Crippen LogP contribution >= 0.6 is 11.6 Å². The summed E-state index contributed by atoms with van der Waals surface area (Å²) in [4.78, 5) is 31.2. The number of hydrogen-bond donors (Lipinski definition) is 1. The lowest BCUT2D eigenvalue weighted by molar-refractivity contribution is 0.0964. The van der Waals surface area contributed by atoms with Gasteiger partial charge in [-0.2, -0.15) is 0 Å². The zero-order valence-electron chi connectivity index (χ0n) is 24.7. The van der Waals surface area contributed by atoms with Crippen molar-refractivity contribution in [1.29, 1.82) is 0 Å². The zero-order chi connectivity index (χ0) is 29.9. The molecule has 3 unspecified atom stereocenters. The monoisotopic (exact) mass is 583 g/mol. The number of amides is 1.